The smallest absolute Gasteiger partial charge is 0.225 e. The molecule has 118 valence electrons. The van der Waals surface area contributed by atoms with E-state index in [-0.39, 0.29) is 24.2 Å². The molecule has 1 aliphatic heterocycles. The van der Waals surface area contributed by atoms with Crippen LogP contribution in [0.5, 0.6) is 17.2 Å². The van der Waals surface area contributed by atoms with Crippen molar-refractivity contribution in [3.63, 3.8) is 0 Å². The number of halogens is 1. The van der Waals surface area contributed by atoms with Crippen LogP contribution in [0.3, 0.4) is 0 Å². The second kappa shape index (κ2) is 7.95. The van der Waals surface area contributed by atoms with Crippen molar-refractivity contribution in [3.8, 4) is 17.2 Å². The van der Waals surface area contributed by atoms with Crippen molar-refractivity contribution in [1.82, 2.24) is 10.6 Å². The van der Waals surface area contributed by atoms with Crippen molar-refractivity contribution < 1.29 is 19.0 Å². The van der Waals surface area contributed by atoms with Gasteiger partial charge < -0.3 is 24.8 Å². The molecular formula is C14H21ClN2O4. The molecule has 1 fully saturated rings. The number of nitrogens with one attached hydrogen (secondary N) is 2. The van der Waals surface area contributed by atoms with Crippen LogP contribution in [0.25, 0.3) is 0 Å². The Hall–Kier alpha value is -1.66. The van der Waals surface area contributed by atoms with E-state index in [0.717, 1.165) is 18.7 Å². The molecule has 0 bridgehead atoms. The first-order valence-electron chi connectivity index (χ1n) is 6.47. The molecule has 0 unspecified atom stereocenters. The molecule has 1 heterocycles. The van der Waals surface area contributed by atoms with Crippen LogP contribution in [-0.4, -0.2) is 40.3 Å². The summed E-state index contributed by atoms with van der Waals surface area (Å²) in [6.45, 7) is 1.94. The van der Waals surface area contributed by atoms with Gasteiger partial charge in [-0.15, -0.1) is 12.4 Å². The predicted molar refractivity (Wildman–Crippen MR) is 81.6 cm³/mol. The number of carbonyl (C=O) groups is 1. The number of amides is 1. The van der Waals surface area contributed by atoms with Crippen LogP contribution in [-0.2, 0) is 11.3 Å². The Labute approximate surface area is 130 Å². The fraction of sp³-hybridized carbons (Fsp3) is 0.500. The van der Waals surface area contributed by atoms with E-state index in [1.807, 2.05) is 12.1 Å². The molecule has 1 aliphatic rings. The lowest BCUT2D eigenvalue weighted by molar-refractivity contribution is -0.126. The second-order valence-electron chi connectivity index (χ2n) is 4.61. The van der Waals surface area contributed by atoms with Gasteiger partial charge in [0.15, 0.2) is 11.5 Å². The Morgan fingerprint density at radius 1 is 1.19 bits per heavy atom. The number of benzene rings is 1. The Bertz CT molecular complexity index is 467. The Morgan fingerprint density at radius 2 is 1.76 bits per heavy atom. The number of hydrogen-bond donors (Lipinski definition) is 2. The van der Waals surface area contributed by atoms with Crippen LogP contribution in [0.15, 0.2) is 12.1 Å². The van der Waals surface area contributed by atoms with Gasteiger partial charge in [-0.05, 0) is 17.7 Å². The number of rotatable bonds is 6. The van der Waals surface area contributed by atoms with Gasteiger partial charge in [0.25, 0.3) is 0 Å². The summed E-state index contributed by atoms with van der Waals surface area (Å²) >= 11 is 0. The standard InChI is InChI=1S/C14H20N2O4.ClH/c1-18-11-4-9(5-12(19-2)13(11)20-3)6-16-14(17)10-7-15-8-10;/h4-5,10,15H,6-8H2,1-3H3,(H,16,17);1H. The van der Waals surface area contributed by atoms with Gasteiger partial charge in [0, 0.05) is 19.6 Å². The SMILES string of the molecule is COc1cc(CNC(=O)C2CNC2)cc(OC)c1OC.Cl. The summed E-state index contributed by atoms with van der Waals surface area (Å²) in [4.78, 5) is 11.8. The molecule has 1 saturated heterocycles. The molecule has 1 amide bonds. The van der Waals surface area contributed by atoms with Gasteiger partial charge in [0.05, 0.1) is 27.2 Å². The zero-order valence-electron chi connectivity index (χ0n) is 12.4. The lowest BCUT2D eigenvalue weighted by atomic mass is 10.0. The van der Waals surface area contributed by atoms with Gasteiger partial charge in [-0.2, -0.15) is 0 Å². The van der Waals surface area contributed by atoms with E-state index in [2.05, 4.69) is 10.6 Å². The molecule has 0 radical (unpaired) electrons. The molecule has 1 aromatic carbocycles. The maximum atomic E-state index is 11.8. The Kier molecular flexibility index (Phi) is 6.58. The summed E-state index contributed by atoms with van der Waals surface area (Å²) in [5.74, 6) is 1.87. The van der Waals surface area contributed by atoms with E-state index in [1.54, 1.807) is 21.3 Å². The van der Waals surface area contributed by atoms with E-state index in [1.165, 1.54) is 0 Å². The van der Waals surface area contributed by atoms with Gasteiger partial charge in [-0.3, -0.25) is 4.79 Å². The third kappa shape index (κ3) is 3.92. The predicted octanol–water partition coefficient (Wildman–Crippen LogP) is 0.970. The minimum absolute atomic E-state index is 0. The molecule has 0 aromatic heterocycles. The van der Waals surface area contributed by atoms with Crippen molar-refractivity contribution in [2.45, 2.75) is 6.54 Å². The summed E-state index contributed by atoms with van der Waals surface area (Å²) < 4.78 is 15.8. The molecule has 21 heavy (non-hydrogen) atoms. The van der Waals surface area contributed by atoms with Crippen LogP contribution in [0.1, 0.15) is 5.56 Å². The van der Waals surface area contributed by atoms with Crippen LogP contribution in [0.2, 0.25) is 0 Å². The average molecular weight is 317 g/mol. The summed E-state index contributed by atoms with van der Waals surface area (Å²) in [5.41, 5.74) is 0.903. The van der Waals surface area contributed by atoms with Crippen LogP contribution in [0.4, 0.5) is 0 Å². The van der Waals surface area contributed by atoms with E-state index >= 15 is 0 Å². The number of carbonyl (C=O) groups excluding carboxylic acids is 1. The van der Waals surface area contributed by atoms with Gasteiger partial charge in [0.1, 0.15) is 0 Å². The van der Waals surface area contributed by atoms with Crippen molar-refractivity contribution in [3.05, 3.63) is 17.7 Å². The minimum atomic E-state index is 0. The maximum absolute atomic E-state index is 11.8. The van der Waals surface area contributed by atoms with Crippen molar-refractivity contribution in [1.29, 1.82) is 0 Å². The summed E-state index contributed by atoms with van der Waals surface area (Å²) in [6, 6.07) is 3.67. The summed E-state index contributed by atoms with van der Waals surface area (Å²) in [6.07, 6.45) is 0. The fourth-order valence-corrected chi connectivity index (χ4v) is 2.05. The minimum Gasteiger partial charge on any atom is -0.493 e. The molecule has 0 atom stereocenters. The Balaban J connectivity index is 0.00000220. The fourth-order valence-electron chi connectivity index (χ4n) is 2.05. The molecule has 2 rings (SSSR count). The van der Waals surface area contributed by atoms with Crippen molar-refractivity contribution >= 4 is 18.3 Å². The number of ether oxygens (including phenoxy) is 3. The highest BCUT2D eigenvalue weighted by atomic mass is 35.5. The molecule has 2 N–H and O–H groups in total. The third-order valence-corrected chi connectivity index (χ3v) is 3.34. The van der Waals surface area contributed by atoms with Gasteiger partial charge in [0.2, 0.25) is 11.7 Å². The third-order valence-electron chi connectivity index (χ3n) is 3.34. The Morgan fingerprint density at radius 3 is 2.14 bits per heavy atom. The lowest BCUT2D eigenvalue weighted by Gasteiger charge is -2.25. The van der Waals surface area contributed by atoms with Gasteiger partial charge >= 0.3 is 0 Å². The number of hydrogen-bond acceptors (Lipinski definition) is 5. The first kappa shape index (κ1) is 17.4. The van der Waals surface area contributed by atoms with E-state index in [9.17, 15) is 4.79 Å². The monoisotopic (exact) mass is 316 g/mol. The first-order valence-corrected chi connectivity index (χ1v) is 6.47. The van der Waals surface area contributed by atoms with Gasteiger partial charge in [-0.1, -0.05) is 0 Å². The van der Waals surface area contributed by atoms with E-state index < -0.39 is 0 Å². The van der Waals surface area contributed by atoms with Crippen LogP contribution < -0.4 is 24.8 Å². The first-order chi connectivity index (χ1) is 9.69. The highest BCUT2D eigenvalue weighted by Gasteiger charge is 2.24. The topological polar surface area (TPSA) is 68.8 Å². The van der Waals surface area contributed by atoms with Gasteiger partial charge in [-0.25, -0.2) is 0 Å². The summed E-state index contributed by atoms with van der Waals surface area (Å²) in [5, 5.41) is 5.98. The highest BCUT2D eigenvalue weighted by molar-refractivity contribution is 5.85. The highest BCUT2D eigenvalue weighted by Crippen LogP contribution is 2.38. The lowest BCUT2D eigenvalue weighted by Crippen LogP contribution is -2.50. The molecule has 0 aliphatic carbocycles. The zero-order chi connectivity index (χ0) is 14.5. The second-order valence-corrected chi connectivity index (χ2v) is 4.61. The average Bonchev–Trinajstić information content (AvgIpc) is 2.41. The van der Waals surface area contributed by atoms with E-state index in [0.29, 0.717) is 23.8 Å². The van der Waals surface area contributed by atoms with Crippen molar-refractivity contribution in [2.24, 2.45) is 5.92 Å². The molecule has 0 saturated carbocycles. The molecule has 7 heteroatoms. The van der Waals surface area contributed by atoms with E-state index in [4.69, 9.17) is 14.2 Å². The molecule has 0 spiro atoms. The molecular weight excluding hydrogens is 296 g/mol. The zero-order valence-corrected chi connectivity index (χ0v) is 13.2. The normalized spacial score (nSPS) is 13.7. The number of methoxy groups -OCH3 is 3. The summed E-state index contributed by atoms with van der Waals surface area (Å²) in [7, 11) is 4.70. The molecule has 1 aromatic rings. The quantitative estimate of drug-likeness (QED) is 0.818. The largest absolute Gasteiger partial charge is 0.493 e. The maximum Gasteiger partial charge on any atom is 0.225 e. The van der Waals surface area contributed by atoms with Crippen molar-refractivity contribution in [2.75, 3.05) is 34.4 Å². The van der Waals surface area contributed by atoms with Crippen LogP contribution in [0, 0.1) is 5.92 Å². The van der Waals surface area contributed by atoms with Crippen LogP contribution >= 0.6 is 12.4 Å². The molecule has 6 nitrogen and oxygen atoms in total.